The molecule has 7 heteroatoms. The van der Waals surface area contributed by atoms with Crippen LogP contribution < -0.4 is 10.6 Å². The summed E-state index contributed by atoms with van der Waals surface area (Å²) in [6.45, 7) is 2.03. The van der Waals surface area contributed by atoms with Crippen LogP contribution in [0, 0.1) is 10.1 Å². The van der Waals surface area contributed by atoms with Crippen LogP contribution in [0.1, 0.15) is 12.5 Å². The Morgan fingerprint density at radius 1 is 1.33 bits per heavy atom. The number of anilines is 3. The Morgan fingerprint density at radius 2 is 2.10 bits per heavy atom. The zero-order valence-corrected chi connectivity index (χ0v) is 13.3. The normalized spacial score (nSPS) is 10.2. The fraction of sp³-hybridized carbons (Fsp3) is 0.214. The standard InChI is InChI=1S/C14H15BrN4O2/c1-3-9-8-10(15)4-5-11(9)17-14-12(19(20)21)6-7-13(16-2)18-14/h4-8H,3H2,1-2H3,(H2,16,17,18). The van der Waals surface area contributed by atoms with Crippen molar-refractivity contribution in [2.24, 2.45) is 0 Å². The van der Waals surface area contributed by atoms with Crippen LogP contribution >= 0.6 is 15.9 Å². The third-order valence-electron chi connectivity index (χ3n) is 3.03. The second-order valence-corrected chi connectivity index (χ2v) is 5.27. The summed E-state index contributed by atoms with van der Waals surface area (Å²) in [5.74, 6) is 0.794. The Kier molecular flexibility index (Phi) is 4.74. The van der Waals surface area contributed by atoms with Crippen molar-refractivity contribution in [3.8, 4) is 0 Å². The van der Waals surface area contributed by atoms with Crippen molar-refractivity contribution in [1.82, 2.24) is 4.98 Å². The summed E-state index contributed by atoms with van der Waals surface area (Å²) in [7, 11) is 1.72. The molecule has 0 aliphatic rings. The lowest BCUT2D eigenvalue weighted by molar-refractivity contribution is -0.384. The van der Waals surface area contributed by atoms with E-state index in [1.54, 1.807) is 13.1 Å². The minimum absolute atomic E-state index is 0.0565. The van der Waals surface area contributed by atoms with Crippen molar-refractivity contribution in [2.75, 3.05) is 17.7 Å². The highest BCUT2D eigenvalue weighted by Gasteiger charge is 2.17. The number of nitro groups is 1. The molecule has 0 bridgehead atoms. The quantitative estimate of drug-likeness (QED) is 0.626. The number of nitrogens with one attached hydrogen (secondary N) is 2. The maximum absolute atomic E-state index is 11.1. The maximum atomic E-state index is 11.1. The van der Waals surface area contributed by atoms with Crippen molar-refractivity contribution >= 4 is 38.9 Å². The molecule has 6 nitrogen and oxygen atoms in total. The van der Waals surface area contributed by atoms with Crippen molar-refractivity contribution in [3.05, 3.63) is 50.5 Å². The Bertz CT molecular complexity index is 676. The first-order valence-corrected chi connectivity index (χ1v) is 7.23. The number of aryl methyl sites for hydroxylation is 1. The van der Waals surface area contributed by atoms with E-state index in [-0.39, 0.29) is 11.5 Å². The topological polar surface area (TPSA) is 80.1 Å². The molecule has 0 atom stereocenters. The predicted octanol–water partition coefficient (Wildman–Crippen LogP) is 4.10. The number of aromatic nitrogens is 1. The summed E-state index contributed by atoms with van der Waals surface area (Å²) in [5.41, 5.74) is 1.80. The number of hydrogen-bond acceptors (Lipinski definition) is 5. The molecule has 0 radical (unpaired) electrons. The van der Waals surface area contributed by atoms with Crippen molar-refractivity contribution in [1.29, 1.82) is 0 Å². The zero-order chi connectivity index (χ0) is 15.4. The summed E-state index contributed by atoms with van der Waals surface area (Å²) in [6, 6.07) is 8.75. The number of hydrogen-bond donors (Lipinski definition) is 2. The molecule has 0 unspecified atom stereocenters. The molecule has 1 heterocycles. The van der Waals surface area contributed by atoms with E-state index in [2.05, 4.69) is 31.5 Å². The second-order valence-electron chi connectivity index (χ2n) is 4.35. The fourth-order valence-corrected chi connectivity index (χ4v) is 2.34. The van der Waals surface area contributed by atoms with Crippen LogP contribution in [0.15, 0.2) is 34.8 Å². The number of rotatable bonds is 5. The van der Waals surface area contributed by atoms with Crippen LogP contribution in [0.3, 0.4) is 0 Å². The lowest BCUT2D eigenvalue weighted by Gasteiger charge is -2.12. The molecule has 110 valence electrons. The van der Waals surface area contributed by atoms with E-state index in [0.717, 1.165) is 22.1 Å². The molecule has 0 amide bonds. The second kappa shape index (κ2) is 6.53. The van der Waals surface area contributed by atoms with Crippen LogP contribution in [-0.4, -0.2) is 17.0 Å². The van der Waals surface area contributed by atoms with Crippen LogP contribution in [-0.2, 0) is 6.42 Å². The summed E-state index contributed by atoms with van der Waals surface area (Å²) in [5, 5.41) is 17.1. The van der Waals surface area contributed by atoms with E-state index < -0.39 is 4.92 Å². The summed E-state index contributed by atoms with van der Waals surface area (Å²) in [6.07, 6.45) is 0.807. The van der Waals surface area contributed by atoms with Crippen LogP contribution in [0.2, 0.25) is 0 Å². The largest absolute Gasteiger partial charge is 0.373 e. The van der Waals surface area contributed by atoms with Crippen LogP contribution in [0.4, 0.5) is 23.0 Å². The van der Waals surface area contributed by atoms with Crippen molar-refractivity contribution in [3.63, 3.8) is 0 Å². The van der Waals surface area contributed by atoms with Gasteiger partial charge in [-0.15, -0.1) is 0 Å². The highest BCUT2D eigenvalue weighted by atomic mass is 79.9. The Balaban J connectivity index is 2.45. The van der Waals surface area contributed by atoms with E-state index in [4.69, 9.17) is 0 Å². The van der Waals surface area contributed by atoms with Gasteiger partial charge in [-0.2, -0.15) is 0 Å². The molecule has 2 aromatic rings. The molecular formula is C14H15BrN4O2. The molecule has 0 spiro atoms. The monoisotopic (exact) mass is 350 g/mol. The average Bonchev–Trinajstić information content (AvgIpc) is 2.48. The third-order valence-corrected chi connectivity index (χ3v) is 3.52. The van der Waals surface area contributed by atoms with Gasteiger partial charge in [0, 0.05) is 23.3 Å². The first-order valence-electron chi connectivity index (χ1n) is 6.43. The molecule has 0 fully saturated rings. The first kappa shape index (κ1) is 15.2. The fourth-order valence-electron chi connectivity index (χ4n) is 1.93. The van der Waals surface area contributed by atoms with Crippen LogP contribution in [0.5, 0.6) is 0 Å². The van der Waals surface area contributed by atoms with Gasteiger partial charge in [-0.1, -0.05) is 22.9 Å². The van der Waals surface area contributed by atoms with Gasteiger partial charge >= 0.3 is 5.69 Å². The Labute approximate surface area is 130 Å². The van der Waals surface area contributed by atoms with E-state index in [0.29, 0.717) is 5.82 Å². The lowest BCUT2D eigenvalue weighted by Crippen LogP contribution is -2.03. The summed E-state index contributed by atoms with van der Waals surface area (Å²) in [4.78, 5) is 14.9. The van der Waals surface area contributed by atoms with Gasteiger partial charge in [0.1, 0.15) is 5.82 Å². The van der Waals surface area contributed by atoms with E-state index in [1.165, 1.54) is 6.07 Å². The van der Waals surface area contributed by atoms with E-state index in [9.17, 15) is 10.1 Å². The Morgan fingerprint density at radius 3 is 2.71 bits per heavy atom. The molecule has 21 heavy (non-hydrogen) atoms. The molecule has 1 aromatic carbocycles. The number of halogens is 1. The molecular weight excluding hydrogens is 336 g/mol. The molecule has 0 saturated carbocycles. The molecule has 0 saturated heterocycles. The Hall–Kier alpha value is -2.15. The average molecular weight is 351 g/mol. The van der Waals surface area contributed by atoms with E-state index >= 15 is 0 Å². The van der Waals surface area contributed by atoms with Crippen LogP contribution in [0.25, 0.3) is 0 Å². The maximum Gasteiger partial charge on any atom is 0.311 e. The van der Waals surface area contributed by atoms with Crippen molar-refractivity contribution < 1.29 is 4.92 Å². The minimum Gasteiger partial charge on any atom is -0.373 e. The highest BCUT2D eigenvalue weighted by molar-refractivity contribution is 9.10. The molecule has 0 aliphatic carbocycles. The summed E-state index contributed by atoms with van der Waals surface area (Å²) < 4.78 is 0.969. The number of nitrogens with zero attached hydrogens (tertiary/aromatic N) is 2. The van der Waals surface area contributed by atoms with Gasteiger partial charge in [0.2, 0.25) is 5.82 Å². The van der Waals surface area contributed by atoms with Gasteiger partial charge in [-0.05, 0) is 36.2 Å². The van der Waals surface area contributed by atoms with Gasteiger partial charge in [0.25, 0.3) is 0 Å². The minimum atomic E-state index is -0.445. The van der Waals surface area contributed by atoms with Crippen molar-refractivity contribution in [2.45, 2.75) is 13.3 Å². The SMILES string of the molecule is CCc1cc(Br)ccc1Nc1nc(NC)ccc1[N+](=O)[O-]. The van der Waals surface area contributed by atoms with Gasteiger partial charge in [0.15, 0.2) is 0 Å². The predicted molar refractivity (Wildman–Crippen MR) is 87.2 cm³/mol. The van der Waals surface area contributed by atoms with Gasteiger partial charge in [-0.3, -0.25) is 10.1 Å². The van der Waals surface area contributed by atoms with Gasteiger partial charge in [-0.25, -0.2) is 4.98 Å². The lowest BCUT2D eigenvalue weighted by atomic mass is 10.1. The molecule has 0 aliphatic heterocycles. The smallest absolute Gasteiger partial charge is 0.311 e. The third kappa shape index (κ3) is 3.49. The number of pyridine rings is 1. The van der Waals surface area contributed by atoms with Gasteiger partial charge < -0.3 is 10.6 Å². The molecule has 2 rings (SSSR count). The number of benzene rings is 1. The van der Waals surface area contributed by atoms with Gasteiger partial charge in [0.05, 0.1) is 4.92 Å². The van der Waals surface area contributed by atoms with E-state index in [1.807, 2.05) is 25.1 Å². The molecule has 1 aromatic heterocycles. The zero-order valence-electron chi connectivity index (χ0n) is 11.7. The highest BCUT2D eigenvalue weighted by Crippen LogP contribution is 2.30. The molecule has 2 N–H and O–H groups in total. The first-order chi connectivity index (χ1) is 10.0. The summed E-state index contributed by atoms with van der Waals surface area (Å²) >= 11 is 3.42.